The molecule has 6 rings (SSSR count). The summed E-state index contributed by atoms with van der Waals surface area (Å²) in [5.41, 5.74) is 5.34. The molecule has 2 heterocycles. The van der Waals surface area contributed by atoms with Gasteiger partial charge in [-0.15, -0.1) is 23.5 Å². The number of rotatable bonds is 8. The summed E-state index contributed by atoms with van der Waals surface area (Å²) in [6.45, 7) is 0. The molecule has 2 aliphatic heterocycles. The number of carboxylic acid groups (broad SMARTS) is 2. The van der Waals surface area contributed by atoms with E-state index in [1.165, 1.54) is 23.5 Å². The minimum absolute atomic E-state index is 0. The monoisotopic (exact) mass is 713 g/mol. The molecule has 1 radical (unpaired) electrons. The number of carboxylic acids is 2. The minimum Gasteiger partial charge on any atom is -0.550 e. The smallest absolute Gasteiger partial charge is 0.550 e. The molecule has 4 aromatic rings. The zero-order valence-corrected chi connectivity index (χ0v) is 27.3. The normalized spacial score (nSPS) is 12.7. The maximum atomic E-state index is 12.6. The van der Waals surface area contributed by atoms with Crippen molar-refractivity contribution in [1.82, 2.24) is 0 Å². The van der Waals surface area contributed by atoms with Gasteiger partial charge in [-0.05, 0) is 48.2 Å². The summed E-state index contributed by atoms with van der Waals surface area (Å²) in [6.07, 6.45) is -0.791. The number of ketones is 4. The maximum Gasteiger partial charge on any atom is 2.00 e. The Kier molecular flexibility index (Phi) is 12.1. The molecular weight excluding hydrogens is 688 g/mol. The summed E-state index contributed by atoms with van der Waals surface area (Å²) < 4.78 is 0. The molecule has 2 aliphatic rings. The van der Waals surface area contributed by atoms with Crippen LogP contribution in [-0.2, 0) is 38.2 Å². The van der Waals surface area contributed by atoms with Crippen LogP contribution in [0.1, 0.15) is 89.4 Å². The predicted molar refractivity (Wildman–Crippen MR) is 169 cm³/mol. The van der Waals surface area contributed by atoms with Crippen molar-refractivity contribution in [2.45, 2.75) is 47.0 Å². The number of Topliss-reactive ketones (excluding diaryl/α,β-unsaturated/α-hetero) is 2. The first-order chi connectivity index (χ1) is 22.1. The van der Waals surface area contributed by atoms with Crippen LogP contribution >= 0.6 is 23.5 Å². The fourth-order valence-electron chi connectivity index (χ4n) is 5.06. The van der Waals surface area contributed by atoms with E-state index in [2.05, 4.69) is 0 Å². The molecule has 4 aromatic carbocycles. The standard InChI is InChI=1S/2C18H14O4S.Cu/c2*19-15(7-8-17(20)21)11-5-6-14-16(9-11)23-10-12-3-1-2-4-13(12)18(14)22;/h2*1-6,9H,7-8,10H2,(H,20,21);/q;;+2/p-2. The van der Waals surface area contributed by atoms with Crippen molar-refractivity contribution in [2.75, 3.05) is 0 Å². The molecule has 0 aromatic heterocycles. The third-order valence-electron chi connectivity index (χ3n) is 7.50. The number of hydrogen-bond donors (Lipinski definition) is 0. The number of carbonyl (C=O) groups excluding carboxylic acids is 6. The largest absolute Gasteiger partial charge is 2.00 e. The van der Waals surface area contributed by atoms with Gasteiger partial charge in [0, 0.05) is 79.5 Å². The van der Waals surface area contributed by atoms with E-state index in [1.54, 1.807) is 36.4 Å². The molecule has 0 atom stereocenters. The first-order valence-corrected chi connectivity index (χ1v) is 16.3. The molecule has 0 amide bonds. The van der Waals surface area contributed by atoms with E-state index in [1.807, 2.05) is 48.5 Å². The predicted octanol–water partition coefficient (Wildman–Crippen LogP) is 4.47. The molecule has 0 unspecified atom stereocenters. The first kappa shape index (κ1) is 35.6. The summed E-state index contributed by atoms with van der Waals surface area (Å²) in [4.78, 5) is 71.8. The Morgan fingerprint density at radius 3 is 1.30 bits per heavy atom. The van der Waals surface area contributed by atoms with Gasteiger partial charge in [0.1, 0.15) is 0 Å². The van der Waals surface area contributed by atoms with Gasteiger partial charge in [0.25, 0.3) is 0 Å². The molecule has 0 bridgehead atoms. The van der Waals surface area contributed by atoms with Crippen LogP contribution in [0, 0.1) is 0 Å². The van der Waals surface area contributed by atoms with Crippen LogP contribution in [0.25, 0.3) is 0 Å². The third kappa shape index (κ3) is 8.55. The van der Waals surface area contributed by atoms with Gasteiger partial charge in [0.05, 0.1) is 0 Å². The number of thioether (sulfide) groups is 2. The Morgan fingerprint density at radius 2 is 0.915 bits per heavy atom. The Balaban J connectivity index is 0.000000208. The van der Waals surface area contributed by atoms with Crippen molar-refractivity contribution in [3.63, 3.8) is 0 Å². The number of fused-ring (bicyclic) bond motifs is 4. The molecule has 47 heavy (non-hydrogen) atoms. The van der Waals surface area contributed by atoms with Gasteiger partial charge in [-0.2, -0.15) is 0 Å². The van der Waals surface area contributed by atoms with Crippen molar-refractivity contribution in [3.8, 4) is 0 Å². The van der Waals surface area contributed by atoms with E-state index >= 15 is 0 Å². The summed E-state index contributed by atoms with van der Waals surface area (Å²) in [7, 11) is 0. The van der Waals surface area contributed by atoms with Crippen LogP contribution in [0.5, 0.6) is 0 Å². The Morgan fingerprint density at radius 1 is 0.532 bits per heavy atom. The summed E-state index contributed by atoms with van der Waals surface area (Å²) in [6, 6.07) is 24.8. The minimum atomic E-state index is -1.24. The van der Waals surface area contributed by atoms with Gasteiger partial charge < -0.3 is 19.8 Å². The van der Waals surface area contributed by atoms with Crippen LogP contribution in [0.2, 0.25) is 0 Å². The summed E-state index contributed by atoms with van der Waals surface area (Å²) in [5, 5.41) is 20.9. The van der Waals surface area contributed by atoms with Crippen molar-refractivity contribution < 1.29 is 56.0 Å². The average molecular weight is 714 g/mol. The number of carbonyl (C=O) groups is 6. The molecule has 8 nitrogen and oxygen atoms in total. The van der Waals surface area contributed by atoms with Crippen LogP contribution in [0.4, 0.5) is 0 Å². The van der Waals surface area contributed by atoms with Gasteiger partial charge in [-0.25, -0.2) is 0 Å². The van der Waals surface area contributed by atoms with Crippen LogP contribution < -0.4 is 10.2 Å². The van der Waals surface area contributed by atoms with E-state index in [9.17, 15) is 39.0 Å². The average Bonchev–Trinajstić information content (AvgIpc) is 3.30. The zero-order valence-electron chi connectivity index (χ0n) is 24.7. The third-order valence-corrected chi connectivity index (χ3v) is 9.71. The second kappa shape index (κ2) is 16.0. The molecule has 0 N–H and O–H groups in total. The maximum absolute atomic E-state index is 12.6. The molecule has 0 spiro atoms. The number of aliphatic carboxylic acids is 2. The molecule has 0 aliphatic carbocycles. The van der Waals surface area contributed by atoms with Crippen molar-refractivity contribution in [1.29, 1.82) is 0 Å². The van der Waals surface area contributed by atoms with Crippen LogP contribution in [0.15, 0.2) is 94.7 Å². The van der Waals surface area contributed by atoms with Gasteiger partial charge in [0.15, 0.2) is 23.1 Å². The molecule has 0 saturated carbocycles. The fraction of sp³-hybridized carbons (Fsp3) is 0.167. The summed E-state index contributed by atoms with van der Waals surface area (Å²) in [5.74, 6) is -1.78. The zero-order chi connectivity index (χ0) is 32.8. The SMILES string of the molecule is O=C([O-])CCC(=O)c1ccc2c(c1)SCc1ccccc1C2=O.O=C([O-])CCC(=O)c1ccc2c(c1)SCc1ccccc1C2=O.[Cu+2]. The van der Waals surface area contributed by atoms with Crippen molar-refractivity contribution >= 4 is 58.6 Å². The fourth-order valence-corrected chi connectivity index (χ4v) is 7.24. The quantitative estimate of drug-likeness (QED) is 0.189. The molecule has 241 valence electrons. The van der Waals surface area contributed by atoms with Gasteiger partial charge >= 0.3 is 17.1 Å². The van der Waals surface area contributed by atoms with Crippen LogP contribution in [-0.4, -0.2) is 35.1 Å². The Labute approximate surface area is 289 Å². The molecule has 0 saturated heterocycles. The van der Waals surface area contributed by atoms with E-state index in [-0.39, 0.29) is 65.9 Å². The molecular formula is C36H26CuO8S2. The van der Waals surface area contributed by atoms with Gasteiger partial charge in [-0.3, -0.25) is 19.2 Å². The number of hydrogen-bond acceptors (Lipinski definition) is 10. The second-order valence-corrected chi connectivity index (χ2v) is 12.6. The van der Waals surface area contributed by atoms with E-state index in [4.69, 9.17) is 0 Å². The molecule has 11 heteroatoms. The molecule has 0 fully saturated rings. The van der Waals surface area contributed by atoms with E-state index < -0.39 is 11.9 Å². The summed E-state index contributed by atoms with van der Waals surface area (Å²) >= 11 is 3.02. The van der Waals surface area contributed by atoms with Crippen molar-refractivity contribution in [3.05, 3.63) is 129 Å². The Bertz CT molecular complexity index is 1760. The number of benzene rings is 4. The second-order valence-electron chi connectivity index (χ2n) is 10.6. The van der Waals surface area contributed by atoms with Crippen LogP contribution in [0.3, 0.4) is 0 Å². The topological polar surface area (TPSA) is 149 Å². The first-order valence-electron chi connectivity index (χ1n) is 14.4. The van der Waals surface area contributed by atoms with E-state index in [0.29, 0.717) is 44.9 Å². The van der Waals surface area contributed by atoms with Gasteiger partial charge in [-0.1, -0.05) is 60.7 Å². The van der Waals surface area contributed by atoms with E-state index in [0.717, 1.165) is 20.9 Å². The Hall–Kier alpha value is -4.28. The van der Waals surface area contributed by atoms with Gasteiger partial charge in [0.2, 0.25) is 0 Å². The van der Waals surface area contributed by atoms with Crippen molar-refractivity contribution in [2.24, 2.45) is 0 Å².